The molecular formula is C19H22N2O4. The number of para-hydroxylation sites is 1. The lowest BCUT2D eigenvalue weighted by atomic mass is 10.1. The monoisotopic (exact) mass is 342 g/mol. The van der Waals surface area contributed by atoms with Crippen LogP contribution < -0.4 is 15.4 Å². The summed E-state index contributed by atoms with van der Waals surface area (Å²) in [6.07, 6.45) is 0. The highest BCUT2D eigenvalue weighted by atomic mass is 16.5. The molecule has 2 amide bonds. The zero-order chi connectivity index (χ0) is 18.2. The van der Waals surface area contributed by atoms with Crippen LogP contribution in [0.4, 0.5) is 11.4 Å². The summed E-state index contributed by atoms with van der Waals surface area (Å²) in [7, 11) is 1.59. The first-order chi connectivity index (χ1) is 12.0. The second-order valence-electron chi connectivity index (χ2n) is 5.50. The summed E-state index contributed by atoms with van der Waals surface area (Å²) in [5.41, 5.74) is 2.57. The third kappa shape index (κ3) is 5.32. The molecule has 6 nitrogen and oxygen atoms in total. The van der Waals surface area contributed by atoms with Gasteiger partial charge in [-0.05, 0) is 36.8 Å². The van der Waals surface area contributed by atoms with Crippen molar-refractivity contribution in [2.75, 3.05) is 31.0 Å². The Morgan fingerprint density at radius 1 is 1.04 bits per heavy atom. The summed E-state index contributed by atoms with van der Waals surface area (Å²) >= 11 is 0. The van der Waals surface area contributed by atoms with Crippen molar-refractivity contribution in [1.29, 1.82) is 0 Å². The molecule has 0 aliphatic heterocycles. The molecule has 2 rings (SSSR count). The van der Waals surface area contributed by atoms with Gasteiger partial charge >= 0.3 is 0 Å². The molecule has 0 aromatic heterocycles. The lowest BCUT2D eigenvalue weighted by Crippen LogP contribution is -2.16. The van der Waals surface area contributed by atoms with Gasteiger partial charge in [-0.2, -0.15) is 0 Å². The molecule has 132 valence electrons. The number of carbonyl (C=O) groups is 2. The molecule has 25 heavy (non-hydrogen) atoms. The molecule has 0 atom stereocenters. The van der Waals surface area contributed by atoms with Crippen molar-refractivity contribution in [3.63, 3.8) is 0 Å². The van der Waals surface area contributed by atoms with Gasteiger partial charge in [0.2, 0.25) is 5.91 Å². The quantitative estimate of drug-likeness (QED) is 0.758. The van der Waals surface area contributed by atoms with Gasteiger partial charge in [-0.15, -0.1) is 0 Å². The Labute approximate surface area is 147 Å². The Balaban J connectivity index is 2.18. The van der Waals surface area contributed by atoms with Crippen LogP contribution in [0.25, 0.3) is 0 Å². The number of methoxy groups -OCH3 is 1. The number of rotatable bonds is 7. The summed E-state index contributed by atoms with van der Waals surface area (Å²) < 4.78 is 10.6. The van der Waals surface area contributed by atoms with Gasteiger partial charge in [-0.1, -0.05) is 18.2 Å². The van der Waals surface area contributed by atoms with Crippen molar-refractivity contribution in [1.82, 2.24) is 0 Å². The molecule has 2 N–H and O–H groups in total. The number of ether oxygens (including phenoxy) is 2. The maximum Gasteiger partial charge on any atom is 0.259 e. The number of benzene rings is 2. The van der Waals surface area contributed by atoms with Crippen LogP contribution in [-0.4, -0.2) is 32.1 Å². The summed E-state index contributed by atoms with van der Waals surface area (Å²) in [5, 5.41) is 5.57. The molecule has 0 bridgehead atoms. The Kier molecular flexibility index (Phi) is 6.54. The van der Waals surface area contributed by atoms with Crippen LogP contribution in [0.5, 0.6) is 5.75 Å². The van der Waals surface area contributed by atoms with Gasteiger partial charge in [-0.25, -0.2) is 0 Å². The molecule has 0 aliphatic carbocycles. The van der Waals surface area contributed by atoms with Gasteiger partial charge in [-0.3, -0.25) is 9.59 Å². The van der Waals surface area contributed by atoms with Crippen LogP contribution in [0.3, 0.4) is 0 Å². The number of nitrogens with one attached hydrogen (secondary N) is 2. The van der Waals surface area contributed by atoms with Crippen molar-refractivity contribution in [2.45, 2.75) is 13.8 Å². The summed E-state index contributed by atoms with van der Waals surface area (Å²) in [5.74, 6) is 0.0434. The van der Waals surface area contributed by atoms with E-state index in [1.165, 1.54) is 6.92 Å². The standard InChI is InChI=1S/C19H22N2O4/c1-13-8-9-15(20-14(2)22)12-17(13)21-19(23)16-6-4-5-7-18(16)25-11-10-24-3/h4-9,12H,10-11H2,1-3H3,(H,20,22)(H,21,23). The maximum absolute atomic E-state index is 12.6. The molecule has 0 spiro atoms. The highest BCUT2D eigenvalue weighted by Gasteiger charge is 2.14. The van der Waals surface area contributed by atoms with E-state index in [4.69, 9.17) is 9.47 Å². The third-order valence-corrected chi connectivity index (χ3v) is 3.48. The van der Waals surface area contributed by atoms with Crippen LogP contribution in [0.15, 0.2) is 42.5 Å². The van der Waals surface area contributed by atoms with E-state index >= 15 is 0 Å². The van der Waals surface area contributed by atoms with Crippen molar-refractivity contribution in [3.05, 3.63) is 53.6 Å². The van der Waals surface area contributed by atoms with Crippen LogP contribution in [-0.2, 0) is 9.53 Å². The molecule has 0 unspecified atom stereocenters. The minimum Gasteiger partial charge on any atom is -0.490 e. The Bertz CT molecular complexity index is 759. The fourth-order valence-electron chi connectivity index (χ4n) is 2.24. The number of anilines is 2. The largest absolute Gasteiger partial charge is 0.490 e. The zero-order valence-corrected chi connectivity index (χ0v) is 14.6. The van der Waals surface area contributed by atoms with Gasteiger partial charge in [0.1, 0.15) is 12.4 Å². The predicted molar refractivity (Wildman–Crippen MR) is 97.2 cm³/mol. The molecule has 0 saturated carbocycles. The fourth-order valence-corrected chi connectivity index (χ4v) is 2.24. The smallest absolute Gasteiger partial charge is 0.259 e. The average Bonchev–Trinajstić information content (AvgIpc) is 2.58. The number of carbonyl (C=O) groups excluding carboxylic acids is 2. The highest BCUT2D eigenvalue weighted by molar-refractivity contribution is 6.07. The van der Waals surface area contributed by atoms with Gasteiger partial charge in [0.15, 0.2) is 0 Å². The van der Waals surface area contributed by atoms with Crippen LogP contribution in [0, 0.1) is 6.92 Å². The fraction of sp³-hybridized carbons (Fsp3) is 0.263. The van der Waals surface area contributed by atoms with Crippen molar-refractivity contribution in [3.8, 4) is 5.75 Å². The number of hydrogen-bond acceptors (Lipinski definition) is 4. The Hall–Kier alpha value is -2.86. The number of hydrogen-bond donors (Lipinski definition) is 2. The lowest BCUT2D eigenvalue weighted by Gasteiger charge is -2.13. The average molecular weight is 342 g/mol. The first-order valence-electron chi connectivity index (χ1n) is 7.91. The molecular weight excluding hydrogens is 320 g/mol. The zero-order valence-electron chi connectivity index (χ0n) is 14.6. The Morgan fingerprint density at radius 2 is 1.80 bits per heavy atom. The van der Waals surface area contributed by atoms with E-state index in [-0.39, 0.29) is 11.8 Å². The second kappa shape index (κ2) is 8.84. The predicted octanol–water partition coefficient (Wildman–Crippen LogP) is 3.23. The van der Waals surface area contributed by atoms with E-state index in [9.17, 15) is 9.59 Å². The highest BCUT2D eigenvalue weighted by Crippen LogP contribution is 2.23. The van der Waals surface area contributed by atoms with Crippen molar-refractivity contribution in [2.24, 2.45) is 0 Å². The normalized spacial score (nSPS) is 10.2. The third-order valence-electron chi connectivity index (χ3n) is 3.48. The summed E-state index contributed by atoms with van der Waals surface area (Å²) in [6, 6.07) is 12.4. The van der Waals surface area contributed by atoms with Gasteiger partial charge in [0, 0.05) is 25.4 Å². The molecule has 0 saturated heterocycles. The van der Waals surface area contributed by atoms with Gasteiger partial charge in [0.25, 0.3) is 5.91 Å². The molecule has 0 aliphatic rings. The van der Waals surface area contributed by atoms with E-state index in [1.807, 2.05) is 19.1 Å². The maximum atomic E-state index is 12.6. The van der Waals surface area contributed by atoms with Crippen molar-refractivity contribution >= 4 is 23.2 Å². The Morgan fingerprint density at radius 3 is 2.52 bits per heavy atom. The first-order valence-corrected chi connectivity index (χ1v) is 7.91. The van der Waals surface area contributed by atoms with E-state index in [0.29, 0.717) is 35.9 Å². The molecule has 0 heterocycles. The summed E-state index contributed by atoms with van der Waals surface area (Å²) in [4.78, 5) is 23.8. The summed E-state index contributed by atoms with van der Waals surface area (Å²) in [6.45, 7) is 4.12. The van der Waals surface area contributed by atoms with Crippen LogP contribution >= 0.6 is 0 Å². The molecule has 2 aromatic rings. The van der Waals surface area contributed by atoms with E-state index in [0.717, 1.165) is 5.56 Å². The van der Waals surface area contributed by atoms with Crippen LogP contribution in [0.1, 0.15) is 22.8 Å². The molecule has 0 fully saturated rings. The molecule has 2 aromatic carbocycles. The SMILES string of the molecule is COCCOc1ccccc1C(=O)Nc1cc(NC(C)=O)ccc1C. The van der Waals surface area contributed by atoms with Crippen molar-refractivity contribution < 1.29 is 19.1 Å². The van der Waals surface area contributed by atoms with Crippen LogP contribution in [0.2, 0.25) is 0 Å². The lowest BCUT2D eigenvalue weighted by molar-refractivity contribution is -0.114. The topological polar surface area (TPSA) is 76.7 Å². The number of amides is 2. The molecule has 0 radical (unpaired) electrons. The second-order valence-corrected chi connectivity index (χ2v) is 5.50. The molecule has 6 heteroatoms. The van der Waals surface area contributed by atoms with Gasteiger partial charge in [0.05, 0.1) is 12.2 Å². The van der Waals surface area contributed by atoms with E-state index in [1.54, 1.807) is 37.4 Å². The first kappa shape index (κ1) is 18.5. The van der Waals surface area contributed by atoms with E-state index in [2.05, 4.69) is 10.6 Å². The number of aryl methyl sites for hydroxylation is 1. The minimum atomic E-state index is -0.281. The minimum absolute atomic E-state index is 0.169. The van der Waals surface area contributed by atoms with E-state index < -0.39 is 0 Å². The van der Waals surface area contributed by atoms with Gasteiger partial charge < -0.3 is 20.1 Å².